The molecule has 1 saturated heterocycles. The van der Waals surface area contributed by atoms with E-state index in [-0.39, 0.29) is 35.8 Å². The van der Waals surface area contributed by atoms with Gasteiger partial charge in [-0.2, -0.15) is 0 Å². The number of esters is 1. The smallest absolute Gasteiger partial charge is 0.333 e. The maximum Gasteiger partial charge on any atom is 0.333 e. The molecular formula is C24H43N3O4. The lowest BCUT2D eigenvalue weighted by Crippen LogP contribution is -2.59. The summed E-state index contributed by atoms with van der Waals surface area (Å²) >= 11 is 0. The number of rotatable bonds is 8. The number of carbonyl (C=O) groups excluding carboxylic acids is 3. The average molecular weight is 438 g/mol. The number of nitrogens with zero attached hydrogens (tertiary/aromatic N) is 2. The van der Waals surface area contributed by atoms with Gasteiger partial charge in [0.15, 0.2) is 0 Å². The number of hydrogen-bond acceptors (Lipinski definition) is 5. The van der Waals surface area contributed by atoms with Crippen LogP contribution in [0.25, 0.3) is 0 Å². The Balaban J connectivity index is 3.10. The minimum absolute atomic E-state index is 0.0825. The molecule has 1 heterocycles. The van der Waals surface area contributed by atoms with Crippen molar-refractivity contribution in [3.63, 3.8) is 0 Å². The fourth-order valence-electron chi connectivity index (χ4n) is 3.96. The SMILES string of the molecule is CCOC(=O)/C(C)=C/[C@H](C(C)C)N(C)C(=O)[C@H](NC(=O)[C@H]1CCCCN1C)C(C)(C)C. The minimum atomic E-state index is -0.669. The Labute approximate surface area is 188 Å². The third-order valence-corrected chi connectivity index (χ3v) is 5.97. The molecule has 1 aliphatic heterocycles. The summed E-state index contributed by atoms with van der Waals surface area (Å²) in [7, 11) is 3.70. The first-order valence-corrected chi connectivity index (χ1v) is 11.4. The standard InChI is InChI=1S/C24H43N3O4/c1-10-31-23(30)17(4)15-19(16(2)3)27(9)22(29)20(24(5,6)7)25-21(28)18-13-11-12-14-26(18)8/h15-16,18-20H,10-14H2,1-9H3,(H,25,28)/b17-15+/t18-,19-,20+/m1/s1. The lowest BCUT2D eigenvalue weighted by Gasteiger charge is -2.39. The number of nitrogens with one attached hydrogen (secondary N) is 1. The zero-order chi connectivity index (χ0) is 23.9. The van der Waals surface area contributed by atoms with E-state index in [0.717, 1.165) is 25.8 Å². The van der Waals surface area contributed by atoms with Crippen LogP contribution >= 0.6 is 0 Å². The van der Waals surface area contributed by atoms with E-state index in [1.165, 1.54) is 0 Å². The second-order valence-electron chi connectivity index (χ2n) is 10.1. The molecule has 7 nitrogen and oxygen atoms in total. The molecule has 2 amide bonds. The van der Waals surface area contributed by atoms with Crippen LogP contribution in [-0.4, -0.2) is 73.0 Å². The Morgan fingerprint density at radius 3 is 2.32 bits per heavy atom. The summed E-state index contributed by atoms with van der Waals surface area (Å²) in [6.45, 7) is 14.5. The van der Waals surface area contributed by atoms with Crippen molar-refractivity contribution in [2.24, 2.45) is 11.3 Å². The first-order chi connectivity index (χ1) is 14.3. The van der Waals surface area contributed by atoms with E-state index in [2.05, 4.69) is 10.2 Å². The molecule has 1 fully saturated rings. The average Bonchev–Trinajstić information content (AvgIpc) is 2.68. The van der Waals surface area contributed by atoms with Gasteiger partial charge in [-0.3, -0.25) is 14.5 Å². The van der Waals surface area contributed by atoms with Crippen LogP contribution in [0.1, 0.15) is 67.7 Å². The number of piperidine rings is 1. The predicted octanol–water partition coefficient (Wildman–Crippen LogP) is 2.99. The highest BCUT2D eigenvalue weighted by molar-refractivity contribution is 5.91. The van der Waals surface area contributed by atoms with Gasteiger partial charge in [-0.25, -0.2) is 4.79 Å². The summed E-state index contributed by atoms with van der Waals surface area (Å²) in [5.41, 5.74) is 0.00994. The highest BCUT2D eigenvalue weighted by atomic mass is 16.5. The summed E-state index contributed by atoms with van der Waals surface area (Å²) in [5, 5.41) is 3.04. The Morgan fingerprint density at radius 1 is 1.23 bits per heavy atom. The number of ether oxygens (including phenoxy) is 1. The van der Waals surface area contributed by atoms with Crippen molar-refractivity contribution in [3.8, 4) is 0 Å². The number of carbonyl (C=O) groups is 3. The fourth-order valence-corrected chi connectivity index (χ4v) is 3.96. The summed E-state index contributed by atoms with van der Waals surface area (Å²) in [5.74, 6) is -0.553. The number of hydrogen-bond donors (Lipinski definition) is 1. The van der Waals surface area contributed by atoms with E-state index in [1.807, 2.05) is 41.7 Å². The van der Waals surface area contributed by atoms with Crippen LogP contribution in [0.5, 0.6) is 0 Å². The van der Waals surface area contributed by atoms with Gasteiger partial charge in [0.1, 0.15) is 6.04 Å². The Kier molecular flexibility index (Phi) is 10.2. The predicted molar refractivity (Wildman–Crippen MR) is 123 cm³/mol. The zero-order valence-corrected chi connectivity index (χ0v) is 20.9. The second-order valence-corrected chi connectivity index (χ2v) is 10.1. The molecule has 0 spiro atoms. The van der Waals surface area contributed by atoms with Crippen LogP contribution in [-0.2, 0) is 19.1 Å². The molecule has 1 aliphatic rings. The van der Waals surface area contributed by atoms with Gasteiger partial charge in [0, 0.05) is 12.6 Å². The Morgan fingerprint density at radius 2 is 1.84 bits per heavy atom. The van der Waals surface area contributed by atoms with E-state index in [4.69, 9.17) is 4.74 Å². The molecule has 0 saturated carbocycles. The topological polar surface area (TPSA) is 79.0 Å². The third-order valence-electron chi connectivity index (χ3n) is 5.97. The Hall–Kier alpha value is -1.89. The van der Waals surface area contributed by atoms with Crippen LogP contribution in [0.4, 0.5) is 0 Å². The van der Waals surface area contributed by atoms with Crippen molar-refractivity contribution in [3.05, 3.63) is 11.6 Å². The van der Waals surface area contributed by atoms with Crippen molar-refractivity contribution in [2.75, 3.05) is 27.2 Å². The lowest BCUT2D eigenvalue weighted by atomic mass is 9.84. The molecule has 0 aromatic rings. The van der Waals surface area contributed by atoms with Crippen molar-refractivity contribution >= 4 is 17.8 Å². The fraction of sp³-hybridized carbons (Fsp3) is 0.792. The minimum Gasteiger partial charge on any atom is -0.463 e. The van der Waals surface area contributed by atoms with Gasteiger partial charge < -0.3 is 15.0 Å². The molecule has 0 unspecified atom stereocenters. The molecule has 0 aromatic heterocycles. The maximum atomic E-state index is 13.6. The van der Waals surface area contributed by atoms with Crippen LogP contribution in [0.3, 0.4) is 0 Å². The molecule has 1 N–H and O–H groups in total. The highest BCUT2D eigenvalue weighted by Crippen LogP contribution is 2.25. The maximum absolute atomic E-state index is 13.6. The molecule has 0 bridgehead atoms. The van der Waals surface area contributed by atoms with Crippen molar-refractivity contribution in [2.45, 2.75) is 85.9 Å². The first kappa shape index (κ1) is 27.1. The van der Waals surface area contributed by atoms with E-state index in [0.29, 0.717) is 12.2 Å². The Bertz CT molecular complexity index is 666. The van der Waals surface area contributed by atoms with Gasteiger partial charge in [0.25, 0.3) is 0 Å². The monoisotopic (exact) mass is 437 g/mol. The van der Waals surface area contributed by atoms with Crippen LogP contribution < -0.4 is 5.32 Å². The van der Waals surface area contributed by atoms with Gasteiger partial charge in [0.05, 0.1) is 18.7 Å². The van der Waals surface area contributed by atoms with Crippen molar-refractivity contribution in [1.29, 1.82) is 0 Å². The lowest BCUT2D eigenvalue weighted by molar-refractivity contribution is -0.141. The summed E-state index contributed by atoms with van der Waals surface area (Å²) in [6.07, 6.45) is 4.70. The van der Waals surface area contributed by atoms with Gasteiger partial charge in [0.2, 0.25) is 11.8 Å². The van der Waals surface area contributed by atoms with Crippen LogP contribution in [0, 0.1) is 11.3 Å². The third kappa shape index (κ3) is 7.63. The largest absolute Gasteiger partial charge is 0.463 e. The quantitative estimate of drug-likeness (QED) is 0.466. The number of likely N-dealkylation sites (N-methyl/N-ethyl adjacent to an activating group) is 2. The molecule has 0 radical (unpaired) electrons. The number of amides is 2. The van der Waals surface area contributed by atoms with E-state index in [1.54, 1.807) is 31.9 Å². The van der Waals surface area contributed by atoms with E-state index >= 15 is 0 Å². The van der Waals surface area contributed by atoms with Gasteiger partial charge in [-0.05, 0) is 51.6 Å². The van der Waals surface area contributed by atoms with Crippen molar-refractivity contribution in [1.82, 2.24) is 15.1 Å². The number of likely N-dealkylation sites (tertiary alicyclic amines) is 1. The molecule has 1 rings (SSSR count). The van der Waals surface area contributed by atoms with Crippen molar-refractivity contribution < 1.29 is 19.1 Å². The van der Waals surface area contributed by atoms with Crippen LogP contribution in [0.15, 0.2) is 11.6 Å². The highest BCUT2D eigenvalue weighted by Gasteiger charge is 2.39. The molecule has 7 heteroatoms. The van der Waals surface area contributed by atoms with Gasteiger partial charge in [-0.1, -0.05) is 47.1 Å². The molecule has 31 heavy (non-hydrogen) atoms. The molecular weight excluding hydrogens is 394 g/mol. The molecule has 0 aromatic carbocycles. The van der Waals surface area contributed by atoms with Gasteiger partial charge in [-0.15, -0.1) is 0 Å². The van der Waals surface area contributed by atoms with E-state index in [9.17, 15) is 14.4 Å². The summed E-state index contributed by atoms with van der Waals surface area (Å²) < 4.78 is 5.08. The van der Waals surface area contributed by atoms with Crippen LogP contribution in [0.2, 0.25) is 0 Å². The molecule has 3 atom stereocenters. The molecule has 0 aliphatic carbocycles. The molecule has 178 valence electrons. The second kappa shape index (κ2) is 11.7. The van der Waals surface area contributed by atoms with E-state index < -0.39 is 11.5 Å². The van der Waals surface area contributed by atoms with Gasteiger partial charge >= 0.3 is 5.97 Å². The summed E-state index contributed by atoms with van der Waals surface area (Å²) in [4.78, 5) is 42.4. The normalized spacial score (nSPS) is 20.2. The summed E-state index contributed by atoms with van der Waals surface area (Å²) in [6, 6.07) is -1.17. The zero-order valence-electron chi connectivity index (χ0n) is 20.9. The first-order valence-electron chi connectivity index (χ1n) is 11.4.